The Morgan fingerprint density at radius 3 is 2.55 bits per heavy atom. The largest absolute Gasteiger partial charge is 0.478 e. The molecule has 0 heterocycles. The standard InChI is InChI=1S/C14H17BrN2O3/c1-14(2,8-6-7-8)17-13(20)16-11-9(12(18)19)4-3-5-10(11)15/h3-5,8H,6-7H2,1-2H3,(H,18,19)(H2,16,17,20). The first-order chi connectivity index (χ1) is 9.31. The van der Waals surface area contributed by atoms with Gasteiger partial charge in [-0.05, 0) is 60.7 Å². The van der Waals surface area contributed by atoms with Crippen molar-refractivity contribution in [1.29, 1.82) is 0 Å². The Bertz CT molecular complexity index is 553. The van der Waals surface area contributed by atoms with Crippen molar-refractivity contribution in [3.63, 3.8) is 0 Å². The van der Waals surface area contributed by atoms with E-state index in [-0.39, 0.29) is 16.8 Å². The van der Waals surface area contributed by atoms with E-state index in [2.05, 4.69) is 26.6 Å². The van der Waals surface area contributed by atoms with Gasteiger partial charge in [0.2, 0.25) is 0 Å². The van der Waals surface area contributed by atoms with Crippen molar-refractivity contribution in [2.24, 2.45) is 5.92 Å². The second-order valence-electron chi connectivity index (χ2n) is 5.54. The molecule has 3 N–H and O–H groups in total. The number of hydrogen-bond donors (Lipinski definition) is 3. The first-order valence-corrected chi connectivity index (χ1v) is 7.21. The number of amides is 2. The SMILES string of the molecule is CC(C)(NC(=O)Nc1c(Br)cccc1C(=O)O)C1CC1. The van der Waals surface area contributed by atoms with Crippen LogP contribution in [0.3, 0.4) is 0 Å². The number of rotatable bonds is 4. The molecular weight excluding hydrogens is 324 g/mol. The topological polar surface area (TPSA) is 78.4 Å². The van der Waals surface area contributed by atoms with E-state index in [1.807, 2.05) is 13.8 Å². The monoisotopic (exact) mass is 340 g/mol. The summed E-state index contributed by atoms with van der Waals surface area (Å²) >= 11 is 3.26. The van der Waals surface area contributed by atoms with Crippen LogP contribution in [0.4, 0.5) is 10.5 Å². The van der Waals surface area contributed by atoms with Gasteiger partial charge in [-0.15, -0.1) is 0 Å². The molecule has 0 bridgehead atoms. The summed E-state index contributed by atoms with van der Waals surface area (Å²) in [7, 11) is 0. The number of carbonyl (C=O) groups excluding carboxylic acids is 1. The fourth-order valence-electron chi connectivity index (χ4n) is 2.17. The molecule has 2 rings (SSSR count). The molecule has 6 heteroatoms. The van der Waals surface area contributed by atoms with Crippen molar-refractivity contribution < 1.29 is 14.7 Å². The summed E-state index contributed by atoms with van der Waals surface area (Å²) < 4.78 is 0.539. The van der Waals surface area contributed by atoms with Gasteiger partial charge in [0.1, 0.15) is 0 Å². The van der Waals surface area contributed by atoms with Crippen molar-refractivity contribution in [1.82, 2.24) is 5.32 Å². The molecular formula is C14H17BrN2O3. The van der Waals surface area contributed by atoms with Crippen molar-refractivity contribution in [2.75, 3.05) is 5.32 Å². The molecule has 1 aliphatic rings. The number of carboxylic acid groups (broad SMARTS) is 1. The first kappa shape index (κ1) is 14.8. The molecule has 1 aromatic carbocycles. The molecule has 1 fully saturated rings. The van der Waals surface area contributed by atoms with Gasteiger partial charge in [0.25, 0.3) is 0 Å². The molecule has 1 saturated carbocycles. The van der Waals surface area contributed by atoms with Crippen LogP contribution < -0.4 is 10.6 Å². The number of para-hydroxylation sites is 1. The van der Waals surface area contributed by atoms with Crippen LogP contribution in [0.15, 0.2) is 22.7 Å². The van der Waals surface area contributed by atoms with Gasteiger partial charge in [-0.2, -0.15) is 0 Å². The maximum Gasteiger partial charge on any atom is 0.337 e. The normalized spacial score (nSPS) is 14.8. The summed E-state index contributed by atoms with van der Waals surface area (Å²) in [6.07, 6.45) is 2.23. The lowest BCUT2D eigenvalue weighted by atomic mass is 9.99. The van der Waals surface area contributed by atoms with Crippen LogP contribution in [0.2, 0.25) is 0 Å². The summed E-state index contributed by atoms with van der Waals surface area (Å²) in [6.45, 7) is 3.95. The van der Waals surface area contributed by atoms with E-state index in [1.54, 1.807) is 12.1 Å². The number of hydrogen-bond acceptors (Lipinski definition) is 2. The van der Waals surface area contributed by atoms with Gasteiger partial charge < -0.3 is 15.7 Å². The minimum absolute atomic E-state index is 0.0544. The highest BCUT2D eigenvalue weighted by Crippen LogP contribution is 2.39. The second kappa shape index (κ2) is 5.44. The van der Waals surface area contributed by atoms with Crippen LogP contribution in [0, 0.1) is 5.92 Å². The molecule has 5 nitrogen and oxygen atoms in total. The smallest absolute Gasteiger partial charge is 0.337 e. The Balaban J connectivity index is 2.13. The number of benzene rings is 1. The van der Waals surface area contributed by atoms with Crippen molar-refractivity contribution in [2.45, 2.75) is 32.2 Å². The molecule has 0 saturated heterocycles. The predicted molar refractivity (Wildman–Crippen MR) is 80.1 cm³/mol. The van der Waals surface area contributed by atoms with Crippen LogP contribution in [0.25, 0.3) is 0 Å². The third-order valence-electron chi connectivity index (χ3n) is 3.52. The van der Waals surface area contributed by atoms with Gasteiger partial charge >= 0.3 is 12.0 Å². The first-order valence-electron chi connectivity index (χ1n) is 6.42. The number of urea groups is 1. The van der Waals surface area contributed by atoms with Crippen molar-refractivity contribution in [3.8, 4) is 0 Å². The number of carboxylic acids is 1. The van der Waals surface area contributed by atoms with Gasteiger partial charge in [0, 0.05) is 10.0 Å². The molecule has 108 valence electrons. The Hall–Kier alpha value is -1.56. The maximum atomic E-state index is 12.1. The lowest BCUT2D eigenvalue weighted by molar-refractivity contribution is 0.0698. The predicted octanol–water partition coefficient (Wildman–Crippen LogP) is 3.46. The zero-order valence-corrected chi connectivity index (χ0v) is 13.0. The minimum Gasteiger partial charge on any atom is -0.478 e. The molecule has 1 aromatic rings. The van der Waals surface area contributed by atoms with Crippen LogP contribution in [0.5, 0.6) is 0 Å². The third-order valence-corrected chi connectivity index (χ3v) is 4.18. The quantitative estimate of drug-likeness (QED) is 0.785. The summed E-state index contributed by atoms with van der Waals surface area (Å²) in [6, 6.07) is 4.37. The Kier molecular flexibility index (Phi) is 4.04. The Labute approximate surface area is 125 Å². The average Bonchev–Trinajstić information content (AvgIpc) is 3.14. The molecule has 1 aliphatic carbocycles. The van der Waals surface area contributed by atoms with E-state index < -0.39 is 12.0 Å². The van der Waals surface area contributed by atoms with Gasteiger partial charge in [-0.25, -0.2) is 9.59 Å². The van der Waals surface area contributed by atoms with Gasteiger partial charge in [-0.3, -0.25) is 0 Å². The summed E-state index contributed by atoms with van der Waals surface area (Å²) in [5, 5.41) is 14.7. The zero-order valence-electron chi connectivity index (χ0n) is 11.4. The fourth-order valence-corrected chi connectivity index (χ4v) is 2.64. The summed E-state index contributed by atoms with van der Waals surface area (Å²) in [5.41, 5.74) is 0.0391. The second-order valence-corrected chi connectivity index (χ2v) is 6.40. The number of halogens is 1. The Morgan fingerprint density at radius 2 is 2.00 bits per heavy atom. The van der Waals surface area contributed by atoms with Crippen molar-refractivity contribution in [3.05, 3.63) is 28.2 Å². The molecule has 20 heavy (non-hydrogen) atoms. The lowest BCUT2D eigenvalue weighted by Crippen LogP contribution is -2.47. The molecule has 0 radical (unpaired) electrons. The fraction of sp³-hybridized carbons (Fsp3) is 0.429. The summed E-state index contributed by atoms with van der Waals surface area (Å²) in [4.78, 5) is 23.2. The Morgan fingerprint density at radius 1 is 1.35 bits per heavy atom. The highest BCUT2D eigenvalue weighted by atomic mass is 79.9. The third kappa shape index (κ3) is 3.30. The van der Waals surface area contributed by atoms with E-state index in [9.17, 15) is 9.59 Å². The van der Waals surface area contributed by atoms with Crippen LogP contribution in [-0.2, 0) is 0 Å². The highest BCUT2D eigenvalue weighted by molar-refractivity contribution is 9.10. The van der Waals surface area contributed by atoms with Crippen LogP contribution in [-0.4, -0.2) is 22.6 Å². The van der Waals surface area contributed by atoms with E-state index in [0.29, 0.717) is 10.4 Å². The van der Waals surface area contributed by atoms with Crippen LogP contribution in [0.1, 0.15) is 37.0 Å². The zero-order chi connectivity index (χ0) is 14.9. The number of carbonyl (C=O) groups is 2. The van der Waals surface area contributed by atoms with Crippen molar-refractivity contribution >= 4 is 33.6 Å². The minimum atomic E-state index is -1.08. The average molecular weight is 341 g/mol. The van der Waals surface area contributed by atoms with E-state index >= 15 is 0 Å². The number of anilines is 1. The van der Waals surface area contributed by atoms with E-state index in [0.717, 1.165) is 12.8 Å². The molecule has 0 aliphatic heterocycles. The highest BCUT2D eigenvalue weighted by Gasteiger charge is 2.38. The number of nitrogens with one attached hydrogen (secondary N) is 2. The lowest BCUT2D eigenvalue weighted by Gasteiger charge is -2.26. The molecule has 0 unspecified atom stereocenters. The molecule has 0 spiro atoms. The van der Waals surface area contributed by atoms with Gasteiger partial charge in [-0.1, -0.05) is 6.07 Å². The van der Waals surface area contributed by atoms with Gasteiger partial charge in [0.05, 0.1) is 11.3 Å². The van der Waals surface area contributed by atoms with Crippen LogP contribution >= 0.6 is 15.9 Å². The number of aromatic carboxylic acids is 1. The van der Waals surface area contributed by atoms with E-state index in [1.165, 1.54) is 6.07 Å². The van der Waals surface area contributed by atoms with Gasteiger partial charge in [0.15, 0.2) is 0 Å². The summed E-state index contributed by atoms with van der Waals surface area (Å²) in [5.74, 6) is -0.588. The molecule has 0 aromatic heterocycles. The molecule has 2 amide bonds. The molecule has 0 atom stereocenters. The maximum absolute atomic E-state index is 12.1. The van der Waals surface area contributed by atoms with E-state index in [4.69, 9.17) is 5.11 Å².